The molecule has 0 aromatic heterocycles. The lowest BCUT2D eigenvalue weighted by molar-refractivity contribution is 0.471. The number of hydrogen-bond donors (Lipinski definition) is 2. The number of hydrogen-bond acceptors (Lipinski definition) is 3. The van der Waals surface area contributed by atoms with Crippen LogP contribution in [0.25, 0.3) is 0 Å². The van der Waals surface area contributed by atoms with Gasteiger partial charge in [-0.3, -0.25) is 4.72 Å². The van der Waals surface area contributed by atoms with Crippen molar-refractivity contribution >= 4 is 15.7 Å². The van der Waals surface area contributed by atoms with E-state index in [1.54, 1.807) is 32.9 Å². The molecule has 0 aliphatic carbocycles. The minimum atomic E-state index is -3.34. The number of aryl methyl sites for hydroxylation is 1. The highest BCUT2D eigenvalue weighted by atomic mass is 32.2. The Kier molecular flexibility index (Phi) is 3.24. The standard InChI is InChI=1S/C10H15NO3S/c1-7(2)15(13,14)11-9-5-4-8(3)10(12)6-9/h4-7,11-12H,1-3H3. The zero-order valence-corrected chi connectivity index (χ0v) is 9.80. The third-order valence-corrected chi connectivity index (χ3v) is 3.85. The number of aromatic hydroxyl groups is 1. The van der Waals surface area contributed by atoms with E-state index in [1.165, 1.54) is 6.07 Å². The highest BCUT2D eigenvalue weighted by Crippen LogP contribution is 2.22. The second-order valence-electron chi connectivity index (χ2n) is 3.70. The number of anilines is 1. The Hall–Kier alpha value is -1.23. The first-order valence-corrected chi connectivity index (χ1v) is 6.19. The van der Waals surface area contributed by atoms with Gasteiger partial charge in [0.15, 0.2) is 0 Å². The molecule has 84 valence electrons. The van der Waals surface area contributed by atoms with Crippen molar-refractivity contribution in [3.63, 3.8) is 0 Å². The Labute approximate surface area is 90.0 Å². The van der Waals surface area contributed by atoms with Crippen LogP contribution in [-0.4, -0.2) is 18.8 Å². The summed E-state index contributed by atoms with van der Waals surface area (Å²) in [6.45, 7) is 4.93. The van der Waals surface area contributed by atoms with Crippen molar-refractivity contribution in [1.29, 1.82) is 0 Å². The van der Waals surface area contributed by atoms with Gasteiger partial charge in [0.1, 0.15) is 5.75 Å². The van der Waals surface area contributed by atoms with Crippen molar-refractivity contribution in [2.24, 2.45) is 0 Å². The smallest absolute Gasteiger partial charge is 0.235 e. The molecule has 0 unspecified atom stereocenters. The highest BCUT2D eigenvalue weighted by molar-refractivity contribution is 7.93. The maximum atomic E-state index is 11.5. The lowest BCUT2D eigenvalue weighted by atomic mass is 10.2. The van der Waals surface area contributed by atoms with Crippen LogP contribution in [0.1, 0.15) is 19.4 Å². The fourth-order valence-electron chi connectivity index (χ4n) is 0.955. The van der Waals surface area contributed by atoms with Gasteiger partial charge in [0, 0.05) is 6.07 Å². The Morgan fingerprint density at radius 3 is 2.40 bits per heavy atom. The zero-order valence-electron chi connectivity index (χ0n) is 8.98. The quantitative estimate of drug-likeness (QED) is 0.831. The topological polar surface area (TPSA) is 66.4 Å². The van der Waals surface area contributed by atoms with E-state index in [0.29, 0.717) is 11.3 Å². The van der Waals surface area contributed by atoms with Gasteiger partial charge in [-0.25, -0.2) is 8.42 Å². The molecule has 15 heavy (non-hydrogen) atoms. The zero-order chi connectivity index (χ0) is 11.6. The van der Waals surface area contributed by atoms with Gasteiger partial charge in [0.25, 0.3) is 0 Å². The summed E-state index contributed by atoms with van der Waals surface area (Å²) in [4.78, 5) is 0. The van der Waals surface area contributed by atoms with E-state index < -0.39 is 15.3 Å². The summed E-state index contributed by atoms with van der Waals surface area (Å²) >= 11 is 0. The fourth-order valence-corrected chi connectivity index (χ4v) is 1.65. The number of phenols is 1. The number of sulfonamides is 1. The van der Waals surface area contributed by atoms with Gasteiger partial charge < -0.3 is 5.11 Å². The molecule has 0 saturated carbocycles. The van der Waals surface area contributed by atoms with Crippen LogP contribution in [0.2, 0.25) is 0 Å². The Morgan fingerprint density at radius 2 is 1.93 bits per heavy atom. The molecule has 0 fully saturated rings. The molecule has 0 heterocycles. The van der Waals surface area contributed by atoms with E-state index in [0.717, 1.165) is 0 Å². The maximum absolute atomic E-state index is 11.5. The van der Waals surface area contributed by atoms with Crippen molar-refractivity contribution in [3.05, 3.63) is 23.8 Å². The molecule has 0 aliphatic rings. The third-order valence-electron chi connectivity index (χ3n) is 2.09. The van der Waals surface area contributed by atoms with E-state index in [-0.39, 0.29) is 5.75 Å². The second kappa shape index (κ2) is 4.10. The van der Waals surface area contributed by atoms with Gasteiger partial charge in [-0.05, 0) is 32.4 Å². The first-order valence-electron chi connectivity index (χ1n) is 4.64. The molecular weight excluding hydrogens is 214 g/mol. The van der Waals surface area contributed by atoms with Gasteiger partial charge in [-0.1, -0.05) is 6.07 Å². The summed E-state index contributed by atoms with van der Waals surface area (Å²) in [6, 6.07) is 4.68. The molecule has 0 aliphatic heterocycles. The van der Waals surface area contributed by atoms with Crippen LogP contribution in [0, 0.1) is 6.92 Å². The van der Waals surface area contributed by atoms with Gasteiger partial charge in [-0.2, -0.15) is 0 Å². The molecule has 0 amide bonds. The van der Waals surface area contributed by atoms with Crippen molar-refractivity contribution in [2.75, 3.05) is 4.72 Å². The number of benzene rings is 1. The molecule has 0 saturated heterocycles. The van der Waals surface area contributed by atoms with E-state index in [4.69, 9.17) is 0 Å². The van der Waals surface area contributed by atoms with Crippen LogP contribution in [0.15, 0.2) is 18.2 Å². The normalized spacial score (nSPS) is 11.7. The summed E-state index contributed by atoms with van der Waals surface area (Å²) in [5, 5.41) is 8.90. The summed E-state index contributed by atoms with van der Waals surface area (Å²) in [6.07, 6.45) is 0. The van der Waals surface area contributed by atoms with E-state index in [2.05, 4.69) is 4.72 Å². The van der Waals surface area contributed by atoms with Crippen LogP contribution in [0.4, 0.5) is 5.69 Å². The second-order valence-corrected chi connectivity index (χ2v) is 5.93. The molecule has 0 radical (unpaired) electrons. The van der Waals surface area contributed by atoms with Crippen LogP contribution < -0.4 is 4.72 Å². The summed E-state index contributed by atoms with van der Waals surface area (Å²) < 4.78 is 25.4. The highest BCUT2D eigenvalue weighted by Gasteiger charge is 2.15. The van der Waals surface area contributed by atoms with Gasteiger partial charge in [0.05, 0.1) is 10.9 Å². The molecule has 2 N–H and O–H groups in total. The fraction of sp³-hybridized carbons (Fsp3) is 0.400. The van der Waals surface area contributed by atoms with Crippen LogP contribution in [-0.2, 0) is 10.0 Å². The lowest BCUT2D eigenvalue weighted by Crippen LogP contribution is -2.22. The van der Waals surface area contributed by atoms with E-state index in [1.807, 2.05) is 0 Å². The number of phenolic OH excluding ortho intramolecular Hbond substituents is 1. The maximum Gasteiger partial charge on any atom is 0.235 e. The largest absolute Gasteiger partial charge is 0.508 e. The van der Waals surface area contributed by atoms with E-state index in [9.17, 15) is 13.5 Å². The predicted octanol–water partition coefficient (Wildman–Crippen LogP) is 1.85. The molecule has 5 heteroatoms. The SMILES string of the molecule is Cc1ccc(NS(=O)(=O)C(C)C)cc1O. The number of rotatable bonds is 3. The predicted molar refractivity (Wildman–Crippen MR) is 60.5 cm³/mol. The van der Waals surface area contributed by atoms with E-state index >= 15 is 0 Å². The molecule has 1 aromatic rings. The van der Waals surface area contributed by atoms with Crippen LogP contribution >= 0.6 is 0 Å². The van der Waals surface area contributed by atoms with Crippen LogP contribution in [0.3, 0.4) is 0 Å². The molecule has 1 aromatic carbocycles. The molecule has 0 atom stereocenters. The Bertz CT molecular complexity index is 452. The Morgan fingerprint density at radius 1 is 1.33 bits per heavy atom. The number of nitrogens with one attached hydrogen (secondary N) is 1. The van der Waals surface area contributed by atoms with Gasteiger partial charge in [0.2, 0.25) is 10.0 Å². The van der Waals surface area contributed by atoms with Crippen LogP contribution in [0.5, 0.6) is 5.75 Å². The van der Waals surface area contributed by atoms with Crippen molar-refractivity contribution in [3.8, 4) is 5.75 Å². The molecule has 0 bridgehead atoms. The van der Waals surface area contributed by atoms with Crippen molar-refractivity contribution in [1.82, 2.24) is 0 Å². The van der Waals surface area contributed by atoms with Crippen molar-refractivity contribution in [2.45, 2.75) is 26.0 Å². The Balaban J connectivity index is 2.96. The molecular formula is C10H15NO3S. The minimum Gasteiger partial charge on any atom is -0.508 e. The summed E-state index contributed by atoms with van der Waals surface area (Å²) in [5.74, 6) is 0.0824. The average Bonchev–Trinajstić information content (AvgIpc) is 2.10. The summed E-state index contributed by atoms with van der Waals surface area (Å²) in [5.41, 5.74) is 1.09. The molecule has 0 spiro atoms. The average molecular weight is 229 g/mol. The van der Waals surface area contributed by atoms with Gasteiger partial charge in [-0.15, -0.1) is 0 Å². The minimum absolute atomic E-state index is 0.0824. The first-order chi connectivity index (χ1) is 6.83. The third kappa shape index (κ3) is 2.86. The monoisotopic (exact) mass is 229 g/mol. The first kappa shape index (κ1) is 11.8. The lowest BCUT2D eigenvalue weighted by Gasteiger charge is -2.11. The molecule has 1 rings (SSSR count). The summed E-state index contributed by atoms with van der Waals surface area (Å²) in [7, 11) is -3.34. The van der Waals surface area contributed by atoms with Crippen molar-refractivity contribution < 1.29 is 13.5 Å². The van der Waals surface area contributed by atoms with Gasteiger partial charge >= 0.3 is 0 Å². The molecule has 4 nitrogen and oxygen atoms in total.